The van der Waals surface area contributed by atoms with Crippen LogP contribution in [0.4, 0.5) is 10.5 Å². The lowest BCUT2D eigenvalue weighted by Gasteiger charge is -2.42. The van der Waals surface area contributed by atoms with Crippen LogP contribution < -0.4 is 5.32 Å². The summed E-state index contributed by atoms with van der Waals surface area (Å²) in [5, 5.41) is 2.99. The molecule has 3 heterocycles. The Kier molecular flexibility index (Phi) is 5.62. The number of likely N-dealkylation sites (tertiary alicyclic amines) is 2. The minimum Gasteiger partial charge on any atom is -0.341 e. The van der Waals surface area contributed by atoms with Crippen molar-refractivity contribution in [3.05, 3.63) is 59.9 Å². The number of aromatic nitrogens is 1. The highest BCUT2D eigenvalue weighted by molar-refractivity contribution is 5.90. The van der Waals surface area contributed by atoms with Gasteiger partial charge in [0.05, 0.1) is 0 Å². The zero-order valence-electron chi connectivity index (χ0n) is 17.9. The Morgan fingerprint density at radius 3 is 2.19 bits per heavy atom. The highest BCUT2D eigenvalue weighted by Crippen LogP contribution is 2.33. The van der Waals surface area contributed by atoms with Gasteiger partial charge in [0.1, 0.15) is 0 Å². The average Bonchev–Trinajstić information content (AvgIpc) is 2.74. The molecule has 3 aliphatic rings. The molecule has 1 aromatic carbocycles. The maximum atomic E-state index is 12.6. The first-order chi connectivity index (χ1) is 15.2. The second-order valence-electron chi connectivity index (χ2n) is 9.22. The van der Waals surface area contributed by atoms with Gasteiger partial charge in [-0.05, 0) is 42.2 Å². The van der Waals surface area contributed by atoms with Crippen LogP contribution in [-0.2, 0) is 4.79 Å². The van der Waals surface area contributed by atoms with Gasteiger partial charge in [-0.2, -0.15) is 0 Å². The van der Waals surface area contributed by atoms with E-state index in [0.717, 1.165) is 44.7 Å². The van der Waals surface area contributed by atoms with Crippen molar-refractivity contribution in [1.82, 2.24) is 14.8 Å². The lowest BCUT2D eigenvalue weighted by atomic mass is 9.85. The van der Waals surface area contributed by atoms with Crippen molar-refractivity contribution in [3.8, 4) is 0 Å². The van der Waals surface area contributed by atoms with E-state index in [0.29, 0.717) is 17.7 Å². The number of urea groups is 1. The van der Waals surface area contributed by atoms with Crippen LogP contribution in [-0.4, -0.2) is 52.9 Å². The summed E-state index contributed by atoms with van der Waals surface area (Å²) in [6.07, 6.45) is 9.45. The SMILES string of the molecule is O=C(Nc1ccc(C2CN(C(=O)C3CCCCC3)C2)cc1)N1CC(c2cccnc2)C1. The fourth-order valence-corrected chi connectivity index (χ4v) is 4.99. The molecule has 0 atom stereocenters. The van der Waals surface area contributed by atoms with Crippen molar-refractivity contribution in [2.75, 3.05) is 31.5 Å². The summed E-state index contributed by atoms with van der Waals surface area (Å²) in [6, 6.07) is 12.0. The number of carbonyl (C=O) groups excluding carboxylic acids is 2. The van der Waals surface area contributed by atoms with Crippen molar-refractivity contribution in [2.45, 2.75) is 43.9 Å². The van der Waals surface area contributed by atoms with Crippen molar-refractivity contribution in [2.24, 2.45) is 5.92 Å². The number of hydrogen-bond acceptors (Lipinski definition) is 3. The van der Waals surface area contributed by atoms with Crippen LogP contribution in [0.1, 0.15) is 55.1 Å². The molecule has 0 bridgehead atoms. The molecule has 3 amide bonds. The van der Waals surface area contributed by atoms with E-state index < -0.39 is 0 Å². The Bertz CT molecular complexity index is 912. The molecule has 0 radical (unpaired) electrons. The van der Waals surface area contributed by atoms with Crippen LogP contribution in [0.2, 0.25) is 0 Å². The summed E-state index contributed by atoms with van der Waals surface area (Å²) in [7, 11) is 0. The Morgan fingerprint density at radius 1 is 0.839 bits per heavy atom. The minimum atomic E-state index is -0.0548. The van der Waals surface area contributed by atoms with Gasteiger partial charge in [0, 0.05) is 62.0 Å². The molecule has 1 aromatic heterocycles. The number of hydrogen-bond donors (Lipinski definition) is 1. The Labute approximate surface area is 183 Å². The fourth-order valence-electron chi connectivity index (χ4n) is 4.99. The first-order valence-corrected chi connectivity index (χ1v) is 11.5. The predicted octanol–water partition coefficient (Wildman–Crippen LogP) is 4.22. The molecular weight excluding hydrogens is 388 g/mol. The van der Waals surface area contributed by atoms with Gasteiger partial charge in [0.25, 0.3) is 0 Å². The number of nitrogens with zero attached hydrogens (tertiary/aromatic N) is 3. The standard InChI is InChI=1S/C25H30N4O2/c30-24(19-5-2-1-3-6-19)28-14-21(15-28)18-8-10-23(11-9-18)27-25(31)29-16-22(17-29)20-7-4-12-26-13-20/h4,7-13,19,21-22H,1-3,5-6,14-17H2,(H,27,31). The molecule has 1 aliphatic carbocycles. The third-order valence-corrected chi connectivity index (χ3v) is 7.11. The van der Waals surface area contributed by atoms with Gasteiger partial charge in [-0.25, -0.2) is 4.79 Å². The van der Waals surface area contributed by atoms with Crippen molar-refractivity contribution < 1.29 is 9.59 Å². The summed E-state index contributed by atoms with van der Waals surface area (Å²) in [5.41, 5.74) is 3.24. The second kappa shape index (κ2) is 8.69. The maximum absolute atomic E-state index is 12.6. The lowest BCUT2D eigenvalue weighted by Crippen LogP contribution is -2.51. The summed E-state index contributed by atoms with van der Waals surface area (Å²) < 4.78 is 0. The predicted molar refractivity (Wildman–Crippen MR) is 120 cm³/mol. The van der Waals surface area contributed by atoms with Gasteiger partial charge in [0.2, 0.25) is 5.91 Å². The van der Waals surface area contributed by atoms with E-state index in [1.54, 1.807) is 6.20 Å². The molecule has 6 heteroatoms. The van der Waals surface area contributed by atoms with Gasteiger partial charge < -0.3 is 15.1 Å². The molecule has 1 N–H and O–H groups in total. The molecule has 0 spiro atoms. The fraction of sp³-hybridized carbons (Fsp3) is 0.480. The van der Waals surface area contributed by atoms with Gasteiger partial charge >= 0.3 is 6.03 Å². The van der Waals surface area contributed by atoms with E-state index >= 15 is 0 Å². The lowest BCUT2D eigenvalue weighted by molar-refractivity contribution is -0.141. The highest BCUT2D eigenvalue weighted by atomic mass is 16.2. The molecule has 1 saturated carbocycles. The highest BCUT2D eigenvalue weighted by Gasteiger charge is 2.35. The van der Waals surface area contributed by atoms with Crippen molar-refractivity contribution >= 4 is 17.6 Å². The Balaban J connectivity index is 1.08. The third kappa shape index (κ3) is 4.29. The van der Waals surface area contributed by atoms with Crippen LogP contribution in [0.25, 0.3) is 0 Å². The smallest absolute Gasteiger partial charge is 0.321 e. The van der Waals surface area contributed by atoms with E-state index in [1.807, 2.05) is 34.2 Å². The molecule has 3 fully saturated rings. The van der Waals surface area contributed by atoms with Crippen molar-refractivity contribution in [1.29, 1.82) is 0 Å². The number of pyridine rings is 1. The topological polar surface area (TPSA) is 65.5 Å². The maximum Gasteiger partial charge on any atom is 0.321 e. The van der Waals surface area contributed by atoms with E-state index in [4.69, 9.17) is 0 Å². The van der Waals surface area contributed by atoms with Gasteiger partial charge in [-0.1, -0.05) is 37.5 Å². The molecule has 31 heavy (non-hydrogen) atoms. The molecule has 6 nitrogen and oxygen atoms in total. The second-order valence-corrected chi connectivity index (χ2v) is 9.22. The molecule has 5 rings (SSSR count). The first-order valence-electron chi connectivity index (χ1n) is 11.5. The molecule has 2 aliphatic heterocycles. The minimum absolute atomic E-state index is 0.0548. The average molecular weight is 419 g/mol. The number of nitrogens with one attached hydrogen (secondary N) is 1. The number of rotatable bonds is 4. The Morgan fingerprint density at radius 2 is 1.52 bits per heavy atom. The van der Waals surface area contributed by atoms with E-state index in [2.05, 4.69) is 28.5 Å². The molecule has 0 unspecified atom stereocenters. The van der Waals surface area contributed by atoms with E-state index in [1.165, 1.54) is 30.4 Å². The molecule has 2 saturated heterocycles. The van der Waals surface area contributed by atoms with Crippen LogP contribution >= 0.6 is 0 Å². The summed E-state index contributed by atoms with van der Waals surface area (Å²) in [5.74, 6) is 1.40. The largest absolute Gasteiger partial charge is 0.341 e. The van der Waals surface area contributed by atoms with Gasteiger partial charge in [-0.15, -0.1) is 0 Å². The van der Waals surface area contributed by atoms with Gasteiger partial charge in [-0.3, -0.25) is 9.78 Å². The molecular formula is C25H30N4O2. The Hall–Kier alpha value is -2.89. The molecule has 162 valence electrons. The normalized spacial score (nSPS) is 20.1. The number of benzene rings is 1. The summed E-state index contributed by atoms with van der Waals surface area (Å²) in [4.78, 5) is 33.1. The third-order valence-electron chi connectivity index (χ3n) is 7.11. The number of amides is 3. The quantitative estimate of drug-likeness (QED) is 0.809. The van der Waals surface area contributed by atoms with Gasteiger partial charge in [0.15, 0.2) is 0 Å². The first kappa shape index (κ1) is 20.0. The van der Waals surface area contributed by atoms with Crippen LogP contribution in [0, 0.1) is 5.92 Å². The summed E-state index contributed by atoms with van der Waals surface area (Å²) in [6.45, 7) is 3.10. The van der Waals surface area contributed by atoms with E-state index in [9.17, 15) is 9.59 Å². The van der Waals surface area contributed by atoms with Crippen LogP contribution in [0.15, 0.2) is 48.8 Å². The monoisotopic (exact) mass is 418 g/mol. The van der Waals surface area contributed by atoms with Crippen LogP contribution in [0.5, 0.6) is 0 Å². The zero-order chi connectivity index (χ0) is 21.2. The number of carbonyl (C=O) groups is 2. The molecule has 2 aromatic rings. The number of anilines is 1. The summed E-state index contributed by atoms with van der Waals surface area (Å²) >= 11 is 0. The zero-order valence-corrected chi connectivity index (χ0v) is 17.9. The van der Waals surface area contributed by atoms with Crippen LogP contribution in [0.3, 0.4) is 0 Å². The van der Waals surface area contributed by atoms with Crippen molar-refractivity contribution in [3.63, 3.8) is 0 Å². The van der Waals surface area contributed by atoms with E-state index in [-0.39, 0.29) is 11.9 Å².